The Hall–Kier alpha value is -0.990. The Morgan fingerprint density at radius 1 is 1.43 bits per heavy atom. The molecule has 1 aromatic rings. The molecule has 2 N–H and O–H groups in total. The zero-order valence-electron chi connectivity index (χ0n) is 9.67. The van der Waals surface area contributed by atoms with Gasteiger partial charge in [0.1, 0.15) is 0 Å². The maximum absolute atomic E-state index is 5.87. The molecule has 1 atom stereocenters. The number of anilines is 1. The number of hydrogen-bond donors (Lipinski definition) is 1. The van der Waals surface area contributed by atoms with Gasteiger partial charge in [-0.2, -0.15) is 5.10 Å². The van der Waals surface area contributed by atoms with E-state index in [9.17, 15) is 0 Å². The van der Waals surface area contributed by atoms with Crippen LogP contribution in [-0.2, 0) is 6.54 Å². The first kappa shape index (κ1) is 11.1. The second-order valence-electron chi connectivity index (χ2n) is 4.16. The molecule has 1 aromatic heterocycles. The number of nitrogens with zero attached hydrogens (tertiary/aromatic N) is 2. The van der Waals surface area contributed by atoms with Crippen LogP contribution in [-0.4, -0.2) is 9.78 Å². The molecule has 0 fully saturated rings. The molecule has 1 rings (SSSR count). The highest BCUT2D eigenvalue weighted by Gasteiger charge is 2.10. The molecule has 0 saturated carbocycles. The van der Waals surface area contributed by atoms with Crippen LogP contribution in [0.4, 0.5) is 5.69 Å². The van der Waals surface area contributed by atoms with Gasteiger partial charge in [-0.25, -0.2) is 0 Å². The molecule has 0 amide bonds. The van der Waals surface area contributed by atoms with E-state index in [0.717, 1.165) is 23.6 Å². The van der Waals surface area contributed by atoms with Crippen LogP contribution in [0.15, 0.2) is 0 Å². The number of aromatic nitrogens is 2. The van der Waals surface area contributed by atoms with Gasteiger partial charge in [-0.15, -0.1) is 0 Å². The Bertz CT molecular complexity index is 302. The van der Waals surface area contributed by atoms with Crippen molar-refractivity contribution >= 4 is 5.69 Å². The van der Waals surface area contributed by atoms with Crippen LogP contribution in [0.3, 0.4) is 0 Å². The quantitative estimate of drug-likeness (QED) is 0.802. The van der Waals surface area contributed by atoms with Crippen molar-refractivity contribution < 1.29 is 0 Å². The molecule has 0 aliphatic rings. The molecule has 80 valence electrons. The second kappa shape index (κ2) is 4.49. The molecule has 0 aliphatic carbocycles. The molecule has 1 heterocycles. The van der Waals surface area contributed by atoms with Crippen LogP contribution >= 0.6 is 0 Å². The minimum atomic E-state index is 0.678. The lowest BCUT2D eigenvalue weighted by atomic mass is 10.1. The molecule has 0 aliphatic heterocycles. The lowest BCUT2D eigenvalue weighted by molar-refractivity contribution is 0.414. The number of hydrogen-bond acceptors (Lipinski definition) is 2. The van der Waals surface area contributed by atoms with Gasteiger partial charge in [0.05, 0.1) is 17.1 Å². The Kier molecular flexibility index (Phi) is 3.55. The molecule has 0 bridgehead atoms. The summed E-state index contributed by atoms with van der Waals surface area (Å²) in [6, 6.07) is 0. The lowest BCUT2D eigenvalue weighted by Crippen LogP contribution is -2.10. The average molecular weight is 195 g/mol. The molecule has 1 unspecified atom stereocenters. The van der Waals surface area contributed by atoms with Gasteiger partial charge in [0.15, 0.2) is 0 Å². The maximum atomic E-state index is 5.87. The summed E-state index contributed by atoms with van der Waals surface area (Å²) in [5, 5.41) is 4.42. The molecular weight excluding hydrogens is 174 g/mol. The zero-order valence-corrected chi connectivity index (χ0v) is 9.67. The van der Waals surface area contributed by atoms with Crippen LogP contribution in [0.5, 0.6) is 0 Å². The van der Waals surface area contributed by atoms with E-state index in [2.05, 4.69) is 18.9 Å². The number of nitrogen functional groups attached to an aromatic ring is 1. The van der Waals surface area contributed by atoms with Gasteiger partial charge in [-0.05, 0) is 26.2 Å². The minimum absolute atomic E-state index is 0.678. The molecule has 0 saturated heterocycles. The van der Waals surface area contributed by atoms with E-state index in [4.69, 9.17) is 5.73 Å². The summed E-state index contributed by atoms with van der Waals surface area (Å²) in [5.74, 6) is 0.678. The van der Waals surface area contributed by atoms with E-state index >= 15 is 0 Å². The van der Waals surface area contributed by atoms with Crippen molar-refractivity contribution in [3.05, 3.63) is 11.4 Å². The van der Waals surface area contributed by atoms with Gasteiger partial charge in [0.25, 0.3) is 0 Å². The topological polar surface area (TPSA) is 43.8 Å². The molecule has 0 spiro atoms. The third kappa shape index (κ3) is 2.28. The van der Waals surface area contributed by atoms with Gasteiger partial charge in [0, 0.05) is 6.54 Å². The van der Waals surface area contributed by atoms with Crippen LogP contribution in [0.1, 0.15) is 38.1 Å². The van der Waals surface area contributed by atoms with Crippen LogP contribution < -0.4 is 5.73 Å². The summed E-state index contributed by atoms with van der Waals surface area (Å²) in [5.41, 5.74) is 8.76. The SMILES string of the molecule is CCCC(C)Cn1nc(C)c(N)c1C. The maximum Gasteiger partial charge on any atom is 0.0825 e. The van der Waals surface area contributed by atoms with Crippen molar-refractivity contribution in [2.24, 2.45) is 5.92 Å². The third-order valence-electron chi connectivity index (χ3n) is 2.70. The van der Waals surface area contributed by atoms with E-state index in [-0.39, 0.29) is 0 Å². The van der Waals surface area contributed by atoms with E-state index in [1.165, 1.54) is 12.8 Å². The third-order valence-corrected chi connectivity index (χ3v) is 2.70. The summed E-state index contributed by atoms with van der Waals surface area (Å²) in [4.78, 5) is 0. The summed E-state index contributed by atoms with van der Waals surface area (Å²) in [7, 11) is 0. The van der Waals surface area contributed by atoms with Crippen molar-refractivity contribution in [3.63, 3.8) is 0 Å². The first-order valence-corrected chi connectivity index (χ1v) is 5.35. The molecule has 0 radical (unpaired) electrons. The van der Waals surface area contributed by atoms with Crippen LogP contribution in [0, 0.1) is 19.8 Å². The van der Waals surface area contributed by atoms with E-state index in [1.807, 2.05) is 18.5 Å². The molecule has 3 nitrogen and oxygen atoms in total. The average Bonchev–Trinajstić information content (AvgIpc) is 2.34. The normalized spacial score (nSPS) is 13.1. The van der Waals surface area contributed by atoms with Gasteiger partial charge in [0.2, 0.25) is 0 Å². The summed E-state index contributed by atoms with van der Waals surface area (Å²) in [6.07, 6.45) is 2.48. The minimum Gasteiger partial charge on any atom is -0.396 e. The fraction of sp³-hybridized carbons (Fsp3) is 0.727. The van der Waals surface area contributed by atoms with Gasteiger partial charge in [-0.1, -0.05) is 20.3 Å². The summed E-state index contributed by atoms with van der Waals surface area (Å²) in [6.45, 7) is 9.46. The monoisotopic (exact) mass is 195 g/mol. The van der Waals surface area contributed by atoms with Crippen LogP contribution in [0.25, 0.3) is 0 Å². The van der Waals surface area contributed by atoms with E-state index in [0.29, 0.717) is 5.92 Å². The van der Waals surface area contributed by atoms with E-state index in [1.54, 1.807) is 0 Å². The largest absolute Gasteiger partial charge is 0.396 e. The Labute approximate surface area is 86.3 Å². The molecule has 14 heavy (non-hydrogen) atoms. The van der Waals surface area contributed by atoms with E-state index < -0.39 is 0 Å². The number of nitrogens with two attached hydrogens (primary N) is 1. The van der Waals surface area contributed by atoms with Crippen molar-refractivity contribution in [1.29, 1.82) is 0 Å². The first-order valence-electron chi connectivity index (χ1n) is 5.35. The Morgan fingerprint density at radius 3 is 2.50 bits per heavy atom. The Balaban J connectivity index is 2.72. The molecular formula is C11H21N3. The van der Waals surface area contributed by atoms with Crippen molar-refractivity contribution in [2.45, 2.75) is 47.1 Å². The highest BCUT2D eigenvalue weighted by molar-refractivity contribution is 5.46. The highest BCUT2D eigenvalue weighted by Crippen LogP contribution is 2.17. The first-order chi connectivity index (χ1) is 6.56. The lowest BCUT2D eigenvalue weighted by Gasteiger charge is -2.11. The summed E-state index contributed by atoms with van der Waals surface area (Å²) >= 11 is 0. The number of rotatable bonds is 4. The van der Waals surface area contributed by atoms with Crippen molar-refractivity contribution in [3.8, 4) is 0 Å². The summed E-state index contributed by atoms with van der Waals surface area (Å²) < 4.78 is 2.03. The highest BCUT2D eigenvalue weighted by atomic mass is 15.3. The zero-order chi connectivity index (χ0) is 10.7. The second-order valence-corrected chi connectivity index (χ2v) is 4.16. The molecule has 0 aromatic carbocycles. The predicted octanol–water partition coefficient (Wildman–Crippen LogP) is 2.52. The standard InChI is InChI=1S/C11H21N3/c1-5-6-8(2)7-14-10(4)11(12)9(3)13-14/h8H,5-7,12H2,1-4H3. The smallest absolute Gasteiger partial charge is 0.0825 e. The fourth-order valence-electron chi connectivity index (χ4n) is 1.77. The fourth-order valence-corrected chi connectivity index (χ4v) is 1.77. The Morgan fingerprint density at radius 2 is 2.07 bits per heavy atom. The van der Waals surface area contributed by atoms with Crippen LogP contribution in [0.2, 0.25) is 0 Å². The van der Waals surface area contributed by atoms with Gasteiger partial charge >= 0.3 is 0 Å². The number of aryl methyl sites for hydroxylation is 1. The van der Waals surface area contributed by atoms with Crippen molar-refractivity contribution in [1.82, 2.24) is 9.78 Å². The predicted molar refractivity (Wildman–Crippen MR) is 60.2 cm³/mol. The van der Waals surface area contributed by atoms with Gasteiger partial charge in [-0.3, -0.25) is 4.68 Å². The molecule has 3 heteroatoms. The van der Waals surface area contributed by atoms with Gasteiger partial charge < -0.3 is 5.73 Å². The van der Waals surface area contributed by atoms with Crippen molar-refractivity contribution in [2.75, 3.05) is 5.73 Å².